The van der Waals surface area contributed by atoms with E-state index in [0.29, 0.717) is 19.3 Å². The lowest BCUT2D eigenvalue weighted by Gasteiger charge is -2.14. The minimum absolute atomic E-state index is 0.0603. The molecule has 0 radical (unpaired) electrons. The summed E-state index contributed by atoms with van der Waals surface area (Å²) in [5.41, 5.74) is -1.00. The van der Waals surface area contributed by atoms with Crippen LogP contribution in [0.4, 0.5) is 0 Å². The lowest BCUT2D eigenvalue weighted by molar-refractivity contribution is -0.143. The minimum Gasteiger partial charge on any atom is -0.468 e. The normalized spacial score (nSPS) is 18.5. The van der Waals surface area contributed by atoms with Crippen LogP contribution in [0.5, 0.6) is 0 Å². The Morgan fingerprint density at radius 3 is 2.53 bits per heavy atom. The smallest absolute Gasteiger partial charge is 0.327 e. The van der Waals surface area contributed by atoms with E-state index in [1.807, 2.05) is 0 Å². The zero-order valence-electron chi connectivity index (χ0n) is 8.45. The van der Waals surface area contributed by atoms with Gasteiger partial charge in [0.05, 0.1) is 12.9 Å². The topological polar surface area (TPSA) is 72.5 Å². The second kappa shape index (κ2) is 4.67. The first-order valence-electron chi connectivity index (χ1n) is 4.62. The van der Waals surface area contributed by atoms with Crippen molar-refractivity contribution >= 4 is 27.6 Å². The van der Waals surface area contributed by atoms with Gasteiger partial charge >= 0.3 is 5.97 Å². The molecule has 1 N–H and O–H groups in total. The SMILES string of the molecule is COC(=O)C1(NS(=O)(=O)CCCCl)CC1. The van der Waals surface area contributed by atoms with Crippen LogP contribution in [-0.2, 0) is 19.6 Å². The van der Waals surface area contributed by atoms with Gasteiger partial charge in [-0.05, 0) is 19.3 Å². The second-order valence-electron chi connectivity index (χ2n) is 3.54. The van der Waals surface area contributed by atoms with E-state index in [-0.39, 0.29) is 11.6 Å². The van der Waals surface area contributed by atoms with E-state index < -0.39 is 21.5 Å². The fourth-order valence-electron chi connectivity index (χ4n) is 1.26. The maximum absolute atomic E-state index is 11.5. The van der Waals surface area contributed by atoms with Gasteiger partial charge in [0.2, 0.25) is 10.0 Å². The van der Waals surface area contributed by atoms with Crippen molar-refractivity contribution in [3.63, 3.8) is 0 Å². The number of carbonyl (C=O) groups is 1. The van der Waals surface area contributed by atoms with Crippen LogP contribution in [0.1, 0.15) is 19.3 Å². The average molecular weight is 256 g/mol. The Labute approximate surface area is 94.2 Å². The van der Waals surface area contributed by atoms with Crippen LogP contribution < -0.4 is 4.72 Å². The van der Waals surface area contributed by atoms with Crippen LogP contribution in [0, 0.1) is 0 Å². The van der Waals surface area contributed by atoms with E-state index in [9.17, 15) is 13.2 Å². The average Bonchev–Trinajstić information content (AvgIpc) is 2.94. The number of halogens is 1. The highest BCUT2D eigenvalue weighted by Gasteiger charge is 2.53. The second-order valence-corrected chi connectivity index (χ2v) is 5.76. The van der Waals surface area contributed by atoms with Crippen molar-refractivity contribution < 1.29 is 17.9 Å². The van der Waals surface area contributed by atoms with Gasteiger partial charge in [-0.2, -0.15) is 4.72 Å². The van der Waals surface area contributed by atoms with Crippen LogP contribution in [0.2, 0.25) is 0 Å². The highest BCUT2D eigenvalue weighted by atomic mass is 35.5. The van der Waals surface area contributed by atoms with Gasteiger partial charge in [0.15, 0.2) is 0 Å². The standard InChI is InChI=1S/C8H14ClNO4S/c1-14-7(11)8(3-4-8)10-15(12,13)6-2-5-9/h10H,2-6H2,1H3. The van der Waals surface area contributed by atoms with Gasteiger partial charge in [0.1, 0.15) is 5.54 Å². The molecule has 0 aliphatic heterocycles. The molecule has 5 nitrogen and oxygen atoms in total. The predicted molar refractivity (Wildman–Crippen MR) is 56.2 cm³/mol. The molecular formula is C8H14ClNO4S. The molecule has 0 heterocycles. The molecule has 0 aromatic heterocycles. The van der Waals surface area contributed by atoms with Crippen molar-refractivity contribution in [3.05, 3.63) is 0 Å². The van der Waals surface area contributed by atoms with Crippen molar-refractivity contribution in [1.29, 1.82) is 0 Å². The molecule has 15 heavy (non-hydrogen) atoms. The molecule has 0 aromatic rings. The third-order valence-corrected chi connectivity index (χ3v) is 4.02. The summed E-state index contributed by atoms with van der Waals surface area (Å²) in [6, 6.07) is 0. The highest BCUT2D eigenvalue weighted by molar-refractivity contribution is 7.89. The molecule has 7 heteroatoms. The van der Waals surface area contributed by atoms with Crippen LogP contribution >= 0.6 is 11.6 Å². The Balaban J connectivity index is 2.58. The molecule has 1 fully saturated rings. The monoisotopic (exact) mass is 255 g/mol. The van der Waals surface area contributed by atoms with Crippen molar-refractivity contribution in [2.75, 3.05) is 18.7 Å². The Morgan fingerprint density at radius 1 is 1.53 bits per heavy atom. The number of nitrogens with one attached hydrogen (secondary N) is 1. The number of sulfonamides is 1. The fourth-order valence-corrected chi connectivity index (χ4v) is 3.06. The molecular weight excluding hydrogens is 242 g/mol. The number of alkyl halides is 1. The van der Waals surface area contributed by atoms with Gasteiger partial charge in [-0.3, -0.25) is 4.79 Å². The zero-order valence-corrected chi connectivity index (χ0v) is 10.0. The number of ether oxygens (including phenoxy) is 1. The first-order chi connectivity index (χ1) is 6.96. The molecule has 88 valence electrons. The number of hydrogen-bond donors (Lipinski definition) is 1. The number of hydrogen-bond acceptors (Lipinski definition) is 4. The Bertz CT molecular complexity index is 337. The van der Waals surface area contributed by atoms with E-state index in [0.717, 1.165) is 0 Å². The van der Waals surface area contributed by atoms with E-state index in [4.69, 9.17) is 11.6 Å². The van der Waals surface area contributed by atoms with Crippen LogP contribution in [-0.4, -0.2) is 38.7 Å². The first-order valence-corrected chi connectivity index (χ1v) is 6.80. The van der Waals surface area contributed by atoms with Crippen LogP contribution in [0.3, 0.4) is 0 Å². The molecule has 1 rings (SSSR count). The minimum atomic E-state index is -3.43. The van der Waals surface area contributed by atoms with Crippen LogP contribution in [0.15, 0.2) is 0 Å². The summed E-state index contributed by atoms with van der Waals surface area (Å²) in [4.78, 5) is 11.3. The summed E-state index contributed by atoms with van der Waals surface area (Å²) < 4.78 is 29.9. The molecule has 1 aliphatic rings. The van der Waals surface area contributed by atoms with Crippen molar-refractivity contribution in [3.8, 4) is 0 Å². The molecule has 0 atom stereocenters. The van der Waals surface area contributed by atoms with E-state index >= 15 is 0 Å². The number of rotatable bonds is 6. The molecule has 1 aliphatic carbocycles. The predicted octanol–water partition coefficient (Wildman–Crippen LogP) is 0.240. The van der Waals surface area contributed by atoms with E-state index in [1.54, 1.807) is 0 Å². The molecule has 0 bridgehead atoms. The summed E-state index contributed by atoms with van der Waals surface area (Å²) >= 11 is 5.40. The number of esters is 1. The van der Waals surface area contributed by atoms with Crippen molar-refractivity contribution in [2.24, 2.45) is 0 Å². The van der Waals surface area contributed by atoms with Gasteiger partial charge in [0, 0.05) is 5.88 Å². The van der Waals surface area contributed by atoms with Crippen molar-refractivity contribution in [2.45, 2.75) is 24.8 Å². The quantitative estimate of drug-likeness (QED) is 0.545. The van der Waals surface area contributed by atoms with Gasteiger partial charge in [-0.1, -0.05) is 0 Å². The number of carbonyl (C=O) groups excluding carboxylic acids is 1. The zero-order chi connectivity index (χ0) is 11.5. The molecule has 0 aromatic carbocycles. The van der Waals surface area contributed by atoms with E-state index in [2.05, 4.69) is 9.46 Å². The third-order valence-electron chi connectivity index (χ3n) is 2.22. The fraction of sp³-hybridized carbons (Fsp3) is 0.875. The summed E-state index contributed by atoms with van der Waals surface area (Å²) in [5.74, 6) is -0.293. The molecule has 1 saturated carbocycles. The largest absolute Gasteiger partial charge is 0.468 e. The van der Waals surface area contributed by atoms with E-state index in [1.165, 1.54) is 7.11 Å². The van der Waals surface area contributed by atoms with Gasteiger partial charge < -0.3 is 4.74 Å². The third kappa shape index (κ3) is 3.32. The maximum atomic E-state index is 11.5. The Morgan fingerprint density at radius 2 is 2.13 bits per heavy atom. The van der Waals surface area contributed by atoms with Crippen molar-refractivity contribution in [1.82, 2.24) is 4.72 Å². The molecule has 0 saturated heterocycles. The van der Waals surface area contributed by atoms with Crippen LogP contribution in [0.25, 0.3) is 0 Å². The Kier molecular flexibility index (Phi) is 3.97. The summed E-state index contributed by atoms with van der Waals surface area (Å²) in [5, 5.41) is 0. The molecule has 0 spiro atoms. The summed E-state index contributed by atoms with van der Waals surface area (Å²) in [6.45, 7) is 0. The number of methoxy groups -OCH3 is 1. The van der Waals surface area contributed by atoms with Gasteiger partial charge in [-0.25, -0.2) is 8.42 Å². The maximum Gasteiger partial charge on any atom is 0.327 e. The van der Waals surface area contributed by atoms with Gasteiger partial charge in [-0.15, -0.1) is 11.6 Å². The molecule has 0 unspecified atom stereocenters. The van der Waals surface area contributed by atoms with Gasteiger partial charge in [0.25, 0.3) is 0 Å². The Hall–Kier alpha value is -0.330. The lowest BCUT2D eigenvalue weighted by atomic mass is 10.3. The molecule has 0 amide bonds. The first kappa shape index (κ1) is 12.7. The summed E-state index contributed by atoms with van der Waals surface area (Å²) in [7, 11) is -2.18. The summed E-state index contributed by atoms with van der Waals surface area (Å²) in [6.07, 6.45) is 1.37. The lowest BCUT2D eigenvalue weighted by Crippen LogP contribution is -2.44. The highest BCUT2D eigenvalue weighted by Crippen LogP contribution is 2.37.